The summed E-state index contributed by atoms with van der Waals surface area (Å²) in [6.45, 7) is 6.11. The van der Waals surface area contributed by atoms with Crippen LogP contribution in [0.2, 0.25) is 5.02 Å². The number of rotatable bonds is 5. The van der Waals surface area contributed by atoms with Gasteiger partial charge in [-0.2, -0.15) is 0 Å². The highest BCUT2D eigenvalue weighted by molar-refractivity contribution is 6.31. The molecule has 18 heavy (non-hydrogen) atoms. The minimum Gasteiger partial charge on any atom is -0.508 e. The van der Waals surface area contributed by atoms with Crippen molar-refractivity contribution in [1.29, 1.82) is 0 Å². The number of aromatic hydroxyl groups is 1. The molecular weight excluding hydrogens is 248 g/mol. The molecule has 1 fully saturated rings. The smallest absolute Gasteiger partial charge is 0.121 e. The van der Waals surface area contributed by atoms with E-state index in [1.807, 2.05) is 6.07 Å². The van der Waals surface area contributed by atoms with Crippen LogP contribution in [-0.4, -0.2) is 35.7 Å². The zero-order valence-electron chi connectivity index (χ0n) is 10.8. The Balaban J connectivity index is 1.85. The van der Waals surface area contributed by atoms with Crippen molar-refractivity contribution in [1.82, 2.24) is 10.2 Å². The van der Waals surface area contributed by atoms with Gasteiger partial charge in [0.05, 0.1) is 0 Å². The molecule has 1 heterocycles. The van der Waals surface area contributed by atoms with E-state index in [1.54, 1.807) is 12.1 Å². The molecule has 2 rings (SSSR count). The average molecular weight is 269 g/mol. The SMILES string of the molecule is CCN1CCCC1CNCc1c(O)cccc1Cl. The molecule has 0 saturated carbocycles. The molecule has 0 radical (unpaired) electrons. The standard InChI is InChI=1S/C14H21ClN2O/c1-2-17-8-4-5-11(17)9-16-10-12-13(15)6-3-7-14(12)18/h3,6-7,11,16,18H,2,4-5,8-10H2,1H3. The first-order valence-corrected chi connectivity index (χ1v) is 7.01. The molecule has 1 aromatic carbocycles. The van der Waals surface area contributed by atoms with Crippen LogP contribution in [0.1, 0.15) is 25.3 Å². The minimum atomic E-state index is 0.272. The Hall–Kier alpha value is -0.770. The first-order valence-electron chi connectivity index (χ1n) is 6.63. The number of hydrogen-bond acceptors (Lipinski definition) is 3. The van der Waals surface area contributed by atoms with Gasteiger partial charge >= 0.3 is 0 Å². The van der Waals surface area contributed by atoms with Crippen LogP contribution in [0, 0.1) is 0 Å². The third kappa shape index (κ3) is 3.16. The summed E-state index contributed by atoms with van der Waals surface area (Å²) in [6, 6.07) is 5.87. The number of halogens is 1. The van der Waals surface area contributed by atoms with Crippen LogP contribution in [0.15, 0.2) is 18.2 Å². The van der Waals surface area contributed by atoms with E-state index in [0.717, 1.165) is 18.7 Å². The van der Waals surface area contributed by atoms with Gasteiger partial charge in [0.25, 0.3) is 0 Å². The number of likely N-dealkylation sites (tertiary alicyclic amines) is 1. The Bertz CT molecular complexity index is 377. The van der Waals surface area contributed by atoms with Crippen molar-refractivity contribution in [2.24, 2.45) is 0 Å². The van der Waals surface area contributed by atoms with Crippen LogP contribution >= 0.6 is 11.6 Å². The molecule has 4 heteroatoms. The lowest BCUT2D eigenvalue weighted by atomic mass is 10.2. The zero-order valence-corrected chi connectivity index (χ0v) is 11.6. The normalized spacial score (nSPS) is 20.4. The summed E-state index contributed by atoms with van der Waals surface area (Å²) in [5.41, 5.74) is 0.792. The van der Waals surface area contributed by atoms with E-state index in [9.17, 15) is 5.11 Å². The van der Waals surface area contributed by atoms with Crippen molar-refractivity contribution in [3.8, 4) is 5.75 Å². The van der Waals surface area contributed by atoms with Gasteiger partial charge in [-0.3, -0.25) is 4.90 Å². The second kappa shape index (κ2) is 6.41. The van der Waals surface area contributed by atoms with Gasteiger partial charge in [-0.15, -0.1) is 0 Å². The first kappa shape index (κ1) is 13.7. The fraction of sp³-hybridized carbons (Fsp3) is 0.571. The predicted octanol–water partition coefficient (Wildman–Crippen LogP) is 2.62. The van der Waals surface area contributed by atoms with Gasteiger partial charge < -0.3 is 10.4 Å². The zero-order chi connectivity index (χ0) is 13.0. The lowest BCUT2D eigenvalue weighted by Gasteiger charge is -2.23. The van der Waals surface area contributed by atoms with Crippen molar-refractivity contribution in [3.63, 3.8) is 0 Å². The highest BCUT2D eigenvalue weighted by Crippen LogP contribution is 2.25. The quantitative estimate of drug-likeness (QED) is 0.862. The Labute approximate surface area is 114 Å². The molecule has 3 nitrogen and oxygen atoms in total. The molecule has 100 valence electrons. The van der Waals surface area contributed by atoms with Gasteiger partial charge in [-0.05, 0) is 38.1 Å². The molecule has 1 saturated heterocycles. The van der Waals surface area contributed by atoms with Crippen LogP contribution < -0.4 is 5.32 Å². The van der Waals surface area contributed by atoms with Crippen LogP contribution in [0.3, 0.4) is 0 Å². The minimum absolute atomic E-state index is 0.272. The van der Waals surface area contributed by atoms with E-state index >= 15 is 0 Å². The maximum Gasteiger partial charge on any atom is 0.121 e. The van der Waals surface area contributed by atoms with Crippen molar-refractivity contribution in [2.45, 2.75) is 32.4 Å². The van der Waals surface area contributed by atoms with Crippen molar-refractivity contribution in [3.05, 3.63) is 28.8 Å². The van der Waals surface area contributed by atoms with Crippen LogP contribution in [-0.2, 0) is 6.54 Å². The Morgan fingerprint density at radius 2 is 2.33 bits per heavy atom. The van der Waals surface area contributed by atoms with E-state index in [1.165, 1.54) is 19.4 Å². The molecular formula is C14H21ClN2O. The molecule has 1 aliphatic heterocycles. The second-order valence-electron chi connectivity index (χ2n) is 4.79. The van der Waals surface area contributed by atoms with Crippen LogP contribution in [0.25, 0.3) is 0 Å². The summed E-state index contributed by atoms with van der Waals surface area (Å²) in [5, 5.41) is 13.8. The molecule has 0 spiro atoms. The molecule has 1 unspecified atom stereocenters. The monoisotopic (exact) mass is 268 g/mol. The van der Waals surface area contributed by atoms with E-state index in [4.69, 9.17) is 11.6 Å². The third-order valence-electron chi connectivity index (χ3n) is 3.68. The number of likely N-dealkylation sites (N-methyl/N-ethyl adjacent to an activating group) is 1. The second-order valence-corrected chi connectivity index (χ2v) is 5.20. The number of nitrogens with zero attached hydrogens (tertiary/aromatic N) is 1. The van der Waals surface area contributed by atoms with Crippen LogP contribution in [0.5, 0.6) is 5.75 Å². The third-order valence-corrected chi connectivity index (χ3v) is 4.04. The fourth-order valence-corrected chi connectivity index (χ4v) is 2.87. The molecule has 1 aliphatic rings. The lowest BCUT2D eigenvalue weighted by molar-refractivity contribution is 0.259. The molecule has 2 N–H and O–H groups in total. The van der Waals surface area contributed by atoms with Gasteiger partial charge in [0, 0.05) is 29.7 Å². The number of hydrogen-bond donors (Lipinski definition) is 2. The molecule has 0 aromatic heterocycles. The van der Waals surface area contributed by atoms with E-state index in [2.05, 4.69) is 17.1 Å². The van der Waals surface area contributed by atoms with E-state index in [0.29, 0.717) is 17.6 Å². The Kier molecular flexibility index (Phi) is 4.87. The number of benzene rings is 1. The highest BCUT2D eigenvalue weighted by atomic mass is 35.5. The maximum atomic E-state index is 9.75. The number of phenols is 1. The Morgan fingerprint density at radius 1 is 1.50 bits per heavy atom. The van der Waals surface area contributed by atoms with Gasteiger partial charge in [0.1, 0.15) is 5.75 Å². The Morgan fingerprint density at radius 3 is 3.06 bits per heavy atom. The van der Waals surface area contributed by atoms with E-state index < -0.39 is 0 Å². The predicted molar refractivity (Wildman–Crippen MR) is 75.1 cm³/mol. The number of nitrogens with one attached hydrogen (secondary N) is 1. The summed E-state index contributed by atoms with van der Waals surface area (Å²) in [6.07, 6.45) is 2.55. The maximum absolute atomic E-state index is 9.75. The molecule has 1 aromatic rings. The summed E-state index contributed by atoms with van der Waals surface area (Å²) in [4.78, 5) is 2.50. The fourth-order valence-electron chi connectivity index (χ4n) is 2.63. The molecule has 0 aliphatic carbocycles. The highest BCUT2D eigenvalue weighted by Gasteiger charge is 2.22. The van der Waals surface area contributed by atoms with Gasteiger partial charge in [0.15, 0.2) is 0 Å². The van der Waals surface area contributed by atoms with E-state index in [-0.39, 0.29) is 5.75 Å². The molecule has 1 atom stereocenters. The van der Waals surface area contributed by atoms with Crippen LogP contribution in [0.4, 0.5) is 0 Å². The van der Waals surface area contributed by atoms with Crippen molar-refractivity contribution < 1.29 is 5.11 Å². The largest absolute Gasteiger partial charge is 0.508 e. The first-order chi connectivity index (χ1) is 8.72. The van der Waals surface area contributed by atoms with Gasteiger partial charge in [0.2, 0.25) is 0 Å². The molecule has 0 bridgehead atoms. The van der Waals surface area contributed by atoms with Gasteiger partial charge in [-0.1, -0.05) is 24.6 Å². The average Bonchev–Trinajstić information content (AvgIpc) is 2.80. The number of phenolic OH excluding ortho intramolecular Hbond substituents is 1. The lowest BCUT2D eigenvalue weighted by Crippen LogP contribution is -2.37. The van der Waals surface area contributed by atoms with Crippen molar-refractivity contribution >= 4 is 11.6 Å². The summed E-state index contributed by atoms with van der Waals surface area (Å²) < 4.78 is 0. The summed E-state index contributed by atoms with van der Waals surface area (Å²) in [5.74, 6) is 0.272. The molecule has 0 amide bonds. The summed E-state index contributed by atoms with van der Waals surface area (Å²) in [7, 11) is 0. The van der Waals surface area contributed by atoms with Crippen molar-refractivity contribution in [2.75, 3.05) is 19.6 Å². The summed E-state index contributed by atoms with van der Waals surface area (Å²) >= 11 is 6.07. The van der Waals surface area contributed by atoms with Gasteiger partial charge in [-0.25, -0.2) is 0 Å². The topological polar surface area (TPSA) is 35.5 Å².